The van der Waals surface area contributed by atoms with Crippen LogP contribution in [0.1, 0.15) is 23.7 Å². The third-order valence-electron chi connectivity index (χ3n) is 6.37. The van der Waals surface area contributed by atoms with Crippen LogP contribution in [0.5, 0.6) is 23.1 Å². The van der Waals surface area contributed by atoms with Crippen molar-refractivity contribution in [1.82, 2.24) is 9.36 Å². The molecule has 3 heterocycles. The number of aromatic nitrogens is 2. The molecule has 1 aliphatic heterocycles. The molecule has 1 aliphatic carbocycles. The van der Waals surface area contributed by atoms with Crippen molar-refractivity contribution >= 4 is 17.4 Å². The summed E-state index contributed by atoms with van der Waals surface area (Å²) < 4.78 is 21.9. The van der Waals surface area contributed by atoms with E-state index in [1.807, 2.05) is 48.5 Å². The highest BCUT2D eigenvalue weighted by molar-refractivity contribution is 7.09. The van der Waals surface area contributed by atoms with E-state index in [1.54, 1.807) is 12.3 Å². The summed E-state index contributed by atoms with van der Waals surface area (Å²) >= 11 is 1.28. The average Bonchev–Trinajstić information content (AvgIpc) is 3.52. The van der Waals surface area contributed by atoms with Gasteiger partial charge >= 0.3 is 0 Å². The van der Waals surface area contributed by atoms with Crippen LogP contribution in [-0.2, 0) is 11.2 Å². The lowest BCUT2D eigenvalue weighted by atomic mass is 10.1. The SMILES string of the molecule is Oc1cc(-c2ccc(O[C@@H]3CCc4c(Oc5ccc(N6CCOCC6)nc5)cccc43)cc2)sn1. The Bertz CT molecular complexity index is 1300. The molecule has 2 aromatic carbocycles. The quantitative estimate of drug-likeness (QED) is 0.379. The number of benzene rings is 2. The molecular weight excluding hydrogens is 462 g/mol. The predicted octanol–water partition coefficient (Wildman–Crippen LogP) is 5.61. The van der Waals surface area contributed by atoms with Crippen LogP contribution in [0, 0.1) is 0 Å². The summed E-state index contributed by atoms with van der Waals surface area (Å²) in [4.78, 5) is 7.75. The first-order chi connectivity index (χ1) is 17.2. The highest BCUT2D eigenvalue weighted by Crippen LogP contribution is 2.41. The van der Waals surface area contributed by atoms with E-state index >= 15 is 0 Å². The van der Waals surface area contributed by atoms with E-state index in [1.165, 1.54) is 17.1 Å². The molecule has 8 heteroatoms. The van der Waals surface area contributed by atoms with Gasteiger partial charge in [-0.25, -0.2) is 4.98 Å². The van der Waals surface area contributed by atoms with Gasteiger partial charge in [0.05, 0.1) is 24.3 Å². The van der Waals surface area contributed by atoms with Crippen LogP contribution in [0.2, 0.25) is 0 Å². The van der Waals surface area contributed by atoms with Crippen molar-refractivity contribution in [3.8, 4) is 33.6 Å². The van der Waals surface area contributed by atoms with Crippen molar-refractivity contribution in [3.63, 3.8) is 0 Å². The van der Waals surface area contributed by atoms with E-state index < -0.39 is 0 Å². The highest BCUT2D eigenvalue weighted by Gasteiger charge is 2.27. The van der Waals surface area contributed by atoms with Gasteiger partial charge in [-0.1, -0.05) is 12.1 Å². The first kappa shape index (κ1) is 21.9. The molecule has 7 nitrogen and oxygen atoms in total. The number of hydrogen-bond donors (Lipinski definition) is 1. The average molecular weight is 488 g/mol. The number of pyridine rings is 1. The number of fused-ring (bicyclic) bond motifs is 1. The molecule has 178 valence electrons. The Labute approximate surface area is 207 Å². The summed E-state index contributed by atoms with van der Waals surface area (Å²) in [5, 5.41) is 9.49. The van der Waals surface area contributed by atoms with Crippen molar-refractivity contribution in [2.45, 2.75) is 18.9 Å². The topological polar surface area (TPSA) is 76.9 Å². The minimum Gasteiger partial charge on any atom is -0.493 e. The van der Waals surface area contributed by atoms with Gasteiger partial charge in [0.15, 0.2) is 0 Å². The highest BCUT2D eigenvalue weighted by atomic mass is 32.1. The van der Waals surface area contributed by atoms with E-state index in [9.17, 15) is 5.11 Å². The summed E-state index contributed by atoms with van der Waals surface area (Å²) in [6.45, 7) is 3.19. The zero-order valence-electron chi connectivity index (χ0n) is 19.1. The Morgan fingerprint density at radius 2 is 1.83 bits per heavy atom. The van der Waals surface area contributed by atoms with Crippen molar-refractivity contribution in [1.29, 1.82) is 0 Å². The Morgan fingerprint density at radius 1 is 1.00 bits per heavy atom. The fourth-order valence-corrected chi connectivity index (χ4v) is 5.25. The maximum Gasteiger partial charge on any atom is 0.223 e. The monoisotopic (exact) mass is 487 g/mol. The smallest absolute Gasteiger partial charge is 0.223 e. The van der Waals surface area contributed by atoms with E-state index in [0.717, 1.165) is 78.2 Å². The van der Waals surface area contributed by atoms with Crippen molar-refractivity contribution in [2.24, 2.45) is 0 Å². The first-order valence-corrected chi connectivity index (χ1v) is 12.5. The summed E-state index contributed by atoms with van der Waals surface area (Å²) in [7, 11) is 0. The van der Waals surface area contributed by atoms with Gasteiger partial charge in [-0.2, -0.15) is 4.37 Å². The lowest BCUT2D eigenvalue weighted by molar-refractivity contribution is 0.122. The second-order valence-electron chi connectivity index (χ2n) is 8.60. The van der Waals surface area contributed by atoms with E-state index in [-0.39, 0.29) is 12.0 Å². The van der Waals surface area contributed by atoms with Gasteiger partial charge < -0.3 is 24.2 Å². The fourth-order valence-electron chi connectivity index (χ4n) is 4.60. The first-order valence-electron chi connectivity index (χ1n) is 11.7. The molecule has 35 heavy (non-hydrogen) atoms. The van der Waals surface area contributed by atoms with Gasteiger partial charge in [0.1, 0.15) is 29.2 Å². The van der Waals surface area contributed by atoms with Crippen molar-refractivity contribution in [3.05, 3.63) is 78.0 Å². The van der Waals surface area contributed by atoms with Crippen LogP contribution < -0.4 is 14.4 Å². The number of hydrogen-bond acceptors (Lipinski definition) is 8. The molecule has 2 aliphatic rings. The lowest BCUT2D eigenvalue weighted by Gasteiger charge is -2.27. The lowest BCUT2D eigenvalue weighted by Crippen LogP contribution is -2.36. The van der Waals surface area contributed by atoms with E-state index in [4.69, 9.17) is 14.2 Å². The van der Waals surface area contributed by atoms with Gasteiger partial charge in [-0.05, 0) is 78.0 Å². The molecule has 0 radical (unpaired) electrons. The van der Waals surface area contributed by atoms with Gasteiger partial charge in [0, 0.05) is 24.7 Å². The number of morpholine rings is 1. The van der Waals surface area contributed by atoms with Crippen LogP contribution in [0.3, 0.4) is 0 Å². The standard InChI is InChI=1S/C27H25N3O4S/c31-27-16-25(35-29-27)18-4-6-19(7-5-18)33-24-10-9-22-21(24)2-1-3-23(22)34-20-8-11-26(28-17-20)30-12-14-32-15-13-30/h1-8,11,16-17,24H,9-10,12-15H2,(H,29,31)/t24-/m1/s1. The summed E-state index contributed by atoms with van der Waals surface area (Å²) in [6, 6.07) is 19.7. The zero-order valence-corrected chi connectivity index (χ0v) is 19.9. The molecule has 1 atom stereocenters. The van der Waals surface area contributed by atoms with Gasteiger partial charge in [-0.3, -0.25) is 0 Å². The second kappa shape index (κ2) is 9.56. The fraction of sp³-hybridized carbons (Fsp3) is 0.259. The van der Waals surface area contributed by atoms with E-state index in [2.05, 4.69) is 20.3 Å². The van der Waals surface area contributed by atoms with Crippen molar-refractivity contribution in [2.75, 3.05) is 31.2 Å². The normalized spacial score (nSPS) is 17.3. The van der Waals surface area contributed by atoms with Crippen LogP contribution in [0.15, 0.2) is 66.9 Å². The third-order valence-corrected chi connectivity index (χ3v) is 7.20. The zero-order chi connectivity index (χ0) is 23.6. The molecule has 0 spiro atoms. The van der Waals surface area contributed by atoms with Crippen LogP contribution in [-0.4, -0.2) is 40.8 Å². The van der Waals surface area contributed by atoms with Gasteiger partial charge in [0.25, 0.3) is 0 Å². The van der Waals surface area contributed by atoms with E-state index in [0.29, 0.717) is 0 Å². The molecule has 2 aromatic heterocycles. The Morgan fingerprint density at radius 3 is 2.57 bits per heavy atom. The summed E-state index contributed by atoms with van der Waals surface area (Å²) in [5.74, 6) is 3.40. The Balaban J connectivity index is 1.14. The number of aromatic hydroxyl groups is 1. The maximum atomic E-state index is 9.49. The van der Waals surface area contributed by atoms with Crippen LogP contribution in [0.4, 0.5) is 5.82 Å². The minimum atomic E-state index is -0.0197. The second-order valence-corrected chi connectivity index (χ2v) is 9.40. The largest absolute Gasteiger partial charge is 0.493 e. The van der Waals surface area contributed by atoms with Gasteiger partial charge in [-0.15, -0.1) is 0 Å². The minimum absolute atomic E-state index is 0.0197. The molecule has 0 saturated carbocycles. The molecule has 0 unspecified atom stereocenters. The van der Waals surface area contributed by atoms with Crippen molar-refractivity contribution < 1.29 is 19.3 Å². The summed E-state index contributed by atoms with van der Waals surface area (Å²) in [6.07, 6.45) is 3.56. The molecular formula is C27H25N3O4S. The molecule has 6 rings (SSSR count). The van der Waals surface area contributed by atoms with Crippen LogP contribution >= 0.6 is 11.5 Å². The third kappa shape index (κ3) is 4.67. The Hall–Kier alpha value is -3.62. The molecule has 0 amide bonds. The maximum absolute atomic E-state index is 9.49. The number of anilines is 1. The molecule has 1 fully saturated rings. The summed E-state index contributed by atoms with van der Waals surface area (Å²) in [5.41, 5.74) is 3.36. The van der Waals surface area contributed by atoms with Gasteiger partial charge in [0.2, 0.25) is 5.88 Å². The molecule has 4 aromatic rings. The van der Waals surface area contributed by atoms with Crippen LogP contribution in [0.25, 0.3) is 10.4 Å². The molecule has 1 saturated heterocycles. The molecule has 1 N–H and O–H groups in total. The molecule has 0 bridgehead atoms. The number of ether oxygens (including phenoxy) is 3. The number of nitrogens with zero attached hydrogens (tertiary/aromatic N) is 3. The predicted molar refractivity (Wildman–Crippen MR) is 135 cm³/mol. The Kier molecular flexibility index (Phi) is 5.98. The number of rotatable bonds is 6.